The summed E-state index contributed by atoms with van der Waals surface area (Å²) in [6.45, 7) is 4.92. The van der Waals surface area contributed by atoms with E-state index in [-0.39, 0.29) is 12.4 Å². The first-order valence-corrected chi connectivity index (χ1v) is 2.66. The molecule has 0 rings (SSSR count). The lowest BCUT2D eigenvalue weighted by molar-refractivity contribution is -0.870. The predicted octanol–water partition coefficient (Wildman–Crippen LogP) is -2.08. The van der Waals surface area contributed by atoms with E-state index in [2.05, 4.69) is 28.1 Å². The van der Waals surface area contributed by atoms with Crippen LogP contribution >= 0.6 is 0 Å². The van der Waals surface area contributed by atoms with Crippen LogP contribution in [0.2, 0.25) is 0 Å². The number of rotatable bonds is 2. The number of hydrogen-bond donors (Lipinski definition) is 0. The van der Waals surface area contributed by atoms with Crippen LogP contribution in [0, 0.1) is 6.92 Å². The minimum absolute atomic E-state index is 0. The highest BCUT2D eigenvalue weighted by Crippen LogP contribution is 1.89. The van der Waals surface area contributed by atoms with Gasteiger partial charge in [0.25, 0.3) is 0 Å². The van der Waals surface area contributed by atoms with Gasteiger partial charge in [-0.3, -0.25) is 0 Å². The molecule has 51 valence electrons. The summed E-state index contributed by atoms with van der Waals surface area (Å²) in [5, 5.41) is 0. The molecule has 0 spiro atoms. The van der Waals surface area contributed by atoms with Gasteiger partial charge in [-0.1, -0.05) is 0 Å². The lowest BCUT2D eigenvalue weighted by atomic mass is 10.4. The lowest BCUT2D eigenvalue weighted by Gasteiger charge is -2.22. The monoisotopic (exact) mass is 136 g/mol. The van der Waals surface area contributed by atoms with Crippen LogP contribution in [-0.2, 0) is 0 Å². The minimum atomic E-state index is 0. The number of nitrogens with zero attached hydrogens (tertiary/aromatic N) is 1. The molecule has 0 heterocycles. The van der Waals surface area contributed by atoms with E-state index in [1.165, 1.54) is 6.54 Å². The van der Waals surface area contributed by atoms with Crippen molar-refractivity contribution in [2.45, 2.75) is 6.42 Å². The highest BCUT2D eigenvalue weighted by Gasteiger charge is 2.01. The van der Waals surface area contributed by atoms with Crippen molar-refractivity contribution in [3.05, 3.63) is 6.92 Å². The molecular formula is C6H15ClN. The van der Waals surface area contributed by atoms with Crippen LogP contribution in [0.3, 0.4) is 0 Å². The van der Waals surface area contributed by atoms with E-state index < -0.39 is 0 Å². The van der Waals surface area contributed by atoms with Crippen LogP contribution in [-0.4, -0.2) is 32.2 Å². The summed E-state index contributed by atoms with van der Waals surface area (Å²) in [5.74, 6) is 0. The van der Waals surface area contributed by atoms with Crippen molar-refractivity contribution in [1.82, 2.24) is 0 Å². The summed E-state index contributed by atoms with van der Waals surface area (Å²) in [6.07, 6.45) is 1.03. The summed E-state index contributed by atoms with van der Waals surface area (Å²) in [7, 11) is 6.52. The van der Waals surface area contributed by atoms with Crippen molar-refractivity contribution in [1.29, 1.82) is 0 Å². The van der Waals surface area contributed by atoms with E-state index >= 15 is 0 Å². The number of halogens is 1. The Morgan fingerprint density at radius 2 is 1.62 bits per heavy atom. The zero-order valence-corrected chi connectivity index (χ0v) is 6.70. The maximum Gasteiger partial charge on any atom is 0.0780 e. The van der Waals surface area contributed by atoms with Crippen molar-refractivity contribution >= 4 is 0 Å². The zero-order valence-electron chi connectivity index (χ0n) is 5.95. The third-order valence-corrected chi connectivity index (χ3v) is 0.829. The van der Waals surface area contributed by atoms with Crippen molar-refractivity contribution < 1.29 is 16.9 Å². The Hall–Kier alpha value is 0.250. The van der Waals surface area contributed by atoms with Gasteiger partial charge in [0.15, 0.2) is 0 Å². The Morgan fingerprint density at radius 3 is 1.62 bits per heavy atom. The fourth-order valence-corrected chi connectivity index (χ4v) is 0.474. The standard InChI is InChI=1S/C6H15N.ClH/c1-5-6-7(2,3)4;/h1,5-6H2,2-4H3;1H/q+1;/p-1. The van der Waals surface area contributed by atoms with Crippen LogP contribution in [0.1, 0.15) is 6.42 Å². The largest absolute Gasteiger partial charge is 1.00 e. The predicted molar refractivity (Wildman–Crippen MR) is 32.9 cm³/mol. The van der Waals surface area contributed by atoms with E-state index in [1.807, 2.05) is 0 Å². The number of quaternary nitrogens is 1. The Kier molecular flexibility index (Phi) is 5.77. The first kappa shape index (κ1) is 11.1. The van der Waals surface area contributed by atoms with Crippen molar-refractivity contribution in [3.63, 3.8) is 0 Å². The molecule has 0 bridgehead atoms. The average Bonchev–Trinajstić information content (AvgIpc) is 1.30. The smallest absolute Gasteiger partial charge is 0.0780 e. The van der Waals surface area contributed by atoms with Crippen LogP contribution in [0.4, 0.5) is 0 Å². The lowest BCUT2D eigenvalue weighted by Crippen LogP contribution is -3.00. The highest BCUT2D eigenvalue weighted by molar-refractivity contribution is 4.33. The van der Waals surface area contributed by atoms with Gasteiger partial charge in [0.05, 0.1) is 27.7 Å². The first-order valence-electron chi connectivity index (χ1n) is 2.66. The molecule has 0 unspecified atom stereocenters. The highest BCUT2D eigenvalue weighted by atomic mass is 35.5. The maximum absolute atomic E-state index is 3.76. The van der Waals surface area contributed by atoms with Gasteiger partial charge in [-0.05, 0) is 13.3 Å². The van der Waals surface area contributed by atoms with E-state index in [9.17, 15) is 0 Å². The molecule has 1 nitrogen and oxygen atoms in total. The van der Waals surface area contributed by atoms with Crippen LogP contribution in [0.15, 0.2) is 0 Å². The van der Waals surface area contributed by atoms with E-state index in [0.717, 1.165) is 10.9 Å². The summed E-state index contributed by atoms with van der Waals surface area (Å²) in [4.78, 5) is 0. The molecule has 0 saturated carbocycles. The van der Waals surface area contributed by atoms with Crippen molar-refractivity contribution in [2.75, 3.05) is 27.7 Å². The van der Waals surface area contributed by atoms with Crippen molar-refractivity contribution in [3.8, 4) is 0 Å². The minimum Gasteiger partial charge on any atom is -1.00 e. The average molecular weight is 137 g/mol. The second-order valence-electron chi connectivity index (χ2n) is 2.87. The van der Waals surface area contributed by atoms with Gasteiger partial charge < -0.3 is 16.9 Å². The summed E-state index contributed by atoms with van der Waals surface area (Å²) < 4.78 is 1.03. The SMILES string of the molecule is [CH2]CC[N+](C)(C)C.[Cl-]. The van der Waals surface area contributed by atoms with Gasteiger partial charge in [-0.15, -0.1) is 0 Å². The fraction of sp³-hybridized carbons (Fsp3) is 0.833. The van der Waals surface area contributed by atoms with Crippen molar-refractivity contribution in [2.24, 2.45) is 0 Å². The van der Waals surface area contributed by atoms with E-state index in [0.29, 0.717) is 0 Å². The van der Waals surface area contributed by atoms with Crippen LogP contribution in [0.5, 0.6) is 0 Å². The van der Waals surface area contributed by atoms with Gasteiger partial charge in [-0.2, -0.15) is 0 Å². The van der Waals surface area contributed by atoms with Gasteiger partial charge >= 0.3 is 0 Å². The molecule has 0 N–H and O–H groups in total. The number of hydrogen-bond acceptors (Lipinski definition) is 0. The second-order valence-corrected chi connectivity index (χ2v) is 2.87. The zero-order chi connectivity index (χ0) is 5.91. The van der Waals surface area contributed by atoms with Gasteiger partial charge in [0, 0.05) is 0 Å². The third kappa shape index (κ3) is 9.54. The first-order chi connectivity index (χ1) is 3.06. The Morgan fingerprint density at radius 1 is 1.25 bits per heavy atom. The molecule has 0 atom stereocenters. The Balaban J connectivity index is 0. The summed E-state index contributed by atoms with van der Waals surface area (Å²) in [5.41, 5.74) is 0. The molecule has 2 heteroatoms. The molecule has 0 aliphatic heterocycles. The molecule has 0 aromatic rings. The van der Waals surface area contributed by atoms with Crippen LogP contribution in [0.25, 0.3) is 0 Å². The van der Waals surface area contributed by atoms with Crippen LogP contribution < -0.4 is 12.4 Å². The molecule has 0 aromatic carbocycles. The molecular weight excluding hydrogens is 122 g/mol. The van der Waals surface area contributed by atoms with Gasteiger partial charge in [-0.25, -0.2) is 0 Å². The third-order valence-electron chi connectivity index (χ3n) is 0.829. The molecule has 0 fully saturated rings. The Labute approximate surface area is 58.7 Å². The molecule has 0 aromatic heterocycles. The second kappa shape index (κ2) is 4.16. The molecule has 1 radical (unpaired) electrons. The Bertz CT molecular complexity index is 47.0. The van der Waals surface area contributed by atoms with E-state index in [1.54, 1.807) is 0 Å². The molecule has 0 aliphatic rings. The molecule has 0 saturated heterocycles. The molecule has 8 heavy (non-hydrogen) atoms. The normalized spacial score (nSPS) is 10.5. The summed E-state index contributed by atoms with van der Waals surface area (Å²) in [6, 6.07) is 0. The molecule has 0 amide bonds. The fourth-order valence-electron chi connectivity index (χ4n) is 0.474. The summed E-state index contributed by atoms with van der Waals surface area (Å²) >= 11 is 0. The van der Waals surface area contributed by atoms with E-state index in [4.69, 9.17) is 0 Å². The quantitative estimate of drug-likeness (QED) is 0.383. The topological polar surface area (TPSA) is 0 Å². The van der Waals surface area contributed by atoms with Gasteiger partial charge in [0.2, 0.25) is 0 Å². The van der Waals surface area contributed by atoms with Gasteiger partial charge in [0.1, 0.15) is 0 Å². The maximum atomic E-state index is 3.76. The molecule has 0 aliphatic carbocycles.